The summed E-state index contributed by atoms with van der Waals surface area (Å²) in [5, 5.41) is 14.3. The second-order valence-corrected chi connectivity index (χ2v) is 10.1. The van der Waals surface area contributed by atoms with Crippen molar-refractivity contribution in [2.45, 2.75) is 24.3 Å². The number of nitrogens with one attached hydrogen (secondary N) is 1. The van der Waals surface area contributed by atoms with Crippen LogP contribution in [0, 0.1) is 0 Å². The fourth-order valence-corrected chi connectivity index (χ4v) is 5.86. The van der Waals surface area contributed by atoms with Crippen LogP contribution in [0.3, 0.4) is 0 Å². The van der Waals surface area contributed by atoms with E-state index in [2.05, 4.69) is 5.32 Å². The zero-order valence-corrected chi connectivity index (χ0v) is 17.9. The fourth-order valence-electron chi connectivity index (χ4n) is 3.51. The number of carbonyl (C=O) groups excluding carboxylic acids is 1. The van der Waals surface area contributed by atoms with Gasteiger partial charge in [0.1, 0.15) is 5.75 Å². The van der Waals surface area contributed by atoms with Crippen molar-refractivity contribution in [2.75, 3.05) is 13.1 Å². The third-order valence-electron chi connectivity index (χ3n) is 5.12. The monoisotopic (exact) mass is 442 g/mol. The van der Waals surface area contributed by atoms with Crippen LogP contribution in [0.5, 0.6) is 5.75 Å². The van der Waals surface area contributed by atoms with Gasteiger partial charge < -0.3 is 10.4 Å². The number of hydrogen-bond acceptors (Lipinski definition) is 5. The van der Waals surface area contributed by atoms with Gasteiger partial charge in [0.15, 0.2) is 0 Å². The number of amides is 1. The van der Waals surface area contributed by atoms with Crippen LogP contribution in [0.4, 0.5) is 0 Å². The summed E-state index contributed by atoms with van der Waals surface area (Å²) in [7, 11) is -3.68. The molecule has 1 aliphatic heterocycles. The molecule has 0 aliphatic carbocycles. The molecule has 0 fully saturated rings. The lowest BCUT2D eigenvalue weighted by atomic mass is 10.1. The van der Waals surface area contributed by atoms with Crippen molar-refractivity contribution in [1.29, 1.82) is 0 Å². The average Bonchev–Trinajstić information content (AvgIpc) is 3.22. The SMILES string of the molecule is O=C(NCCc1cccc(O)c1)c1cccc(S(=O)(=O)N2CCc3sccc3C2)c1. The molecule has 1 aliphatic rings. The highest BCUT2D eigenvalue weighted by molar-refractivity contribution is 7.89. The van der Waals surface area contributed by atoms with E-state index >= 15 is 0 Å². The number of phenols is 1. The predicted octanol–water partition coefficient (Wildman–Crippen LogP) is 3.17. The average molecular weight is 443 g/mol. The molecule has 1 amide bonds. The third kappa shape index (κ3) is 4.40. The van der Waals surface area contributed by atoms with Gasteiger partial charge in [-0.2, -0.15) is 4.31 Å². The number of sulfonamides is 1. The lowest BCUT2D eigenvalue weighted by Crippen LogP contribution is -2.35. The second-order valence-electron chi connectivity index (χ2n) is 7.16. The van der Waals surface area contributed by atoms with Crippen LogP contribution in [0.15, 0.2) is 64.9 Å². The van der Waals surface area contributed by atoms with Crippen molar-refractivity contribution in [1.82, 2.24) is 9.62 Å². The quantitative estimate of drug-likeness (QED) is 0.614. The van der Waals surface area contributed by atoms with E-state index in [9.17, 15) is 18.3 Å². The Labute approximate surface area is 179 Å². The highest BCUT2D eigenvalue weighted by Crippen LogP contribution is 2.28. The number of phenolic OH excluding ortho intramolecular Hbond substituents is 1. The van der Waals surface area contributed by atoms with Gasteiger partial charge in [-0.05, 0) is 65.7 Å². The first-order chi connectivity index (χ1) is 14.4. The molecule has 1 aromatic heterocycles. The Hall–Kier alpha value is -2.68. The Balaban J connectivity index is 1.43. The largest absolute Gasteiger partial charge is 0.508 e. The van der Waals surface area contributed by atoms with Crippen molar-refractivity contribution < 1.29 is 18.3 Å². The molecule has 0 saturated carbocycles. The number of benzene rings is 2. The summed E-state index contributed by atoms with van der Waals surface area (Å²) in [6.45, 7) is 1.18. The summed E-state index contributed by atoms with van der Waals surface area (Å²) in [5.74, 6) is -0.144. The standard InChI is InChI=1S/C22H22N2O4S2/c25-19-5-1-3-16(13-19)7-10-23-22(26)17-4-2-6-20(14-17)30(27,28)24-11-8-21-18(15-24)9-12-29-21/h1-6,9,12-14,25H,7-8,10-11,15H2,(H,23,26). The molecule has 4 rings (SSSR count). The molecule has 0 spiro atoms. The van der Waals surface area contributed by atoms with E-state index in [1.54, 1.807) is 41.7 Å². The van der Waals surface area contributed by atoms with Gasteiger partial charge in [0, 0.05) is 30.1 Å². The van der Waals surface area contributed by atoms with Crippen LogP contribution in [0.2, 0.25) is 0 Å². The molecule has 0 atom stereocenters. The minimum Gasteiger partial charge on any atom is -0.508 e. The molecule has 0 unspecified atom stereocenters. The van der Waals surface area contributed by atoms with Crippen molar-refractivity contribution in [3.05, 3.63) is 81.5 Å². The molecular weight excluding hydrogens is 420 g/mol. The number of thiophene rings is 1. The zero-order chi connectivity index (χ0) is 21.1. The van der Waals surface area contributed by atoms with E-state index in [1.165, 1.54) is 21.3 Å². The van der Waals surface area contributed by atoms with Crippen molar-refractivity contribution in [3.63, 3.8) is 0 Å². The van der Waals surface area contributed by atoms with Gasteiger partial charge >= 0.3 is 0 Å². The first-order valence-electron chi connectivity index (χ1n) is 9.65. The van der Waals surface area contributed by atoms with Gasteiger partial charge in [0.2, 0.25) is 10.0 Å². The summed E-state index contributed by atoms with van der Waals surface area (Å²) in [4.78, 5) is 13.9. The molecule has 2 aromatic carbocycles. The van der Waals surface area contributed by atoms with E-state index in [4.69, 9.17) is 0 Å². The topological polar surface area (TPSA) is 86.7 Å². The summed E-state index contributed by atoms with van der Waals surface area (Å²) >= 11 is 1.66. The van der Waals surface area contributed by atoms with Crippen LogP contribution < -0.4 is 5.32 Å². The van der Waals surface area contributed by atoms with Crippen LogP contribution in [-0.2, 0) is 29.4 Å². The molecule has 6 nitrogen and oxygen atoms in total. The molecule has 156 valence electrons. The molecular formula is C22H22N2O4S2. The first-order valence-corrected chi connectivity index (χ1v) is 12.0. The van der Waals surface area contributed by atoms with Crippen molar-refractivity contribution in [2.24, 2.45) is 0 Å². The van der Waals surface area contributed by atoms with Gasteiger partial charge in [-0.25, -0.2) is 8.42 Å². The van der Waals surface area contributed by atoms with E-state index in [-0.39, 0.29) is 16.6 Å². The summed E-state index contributed by atoms with van der Waals surface area (Å²) in [6.07, 6.45) is 1.27. The number of rotatable bonds is 6. The van der Waals surface area contributed by atoms with Gasteiger partial charge in [-0.3, -0.25) is 4.79 Å². The highest BCUT2D eigenvalue weighted by Gasteiger charge is 2.29. The number of nitrogens with zero attached hydrogens (tertiary/aromatic N) is 1. The maximum atomic E-state index is 13.1. The van der Waals surface area contributed by atoms with Crippen molar-refractivity contribution in [3.8, 4) is 5.75 Å². The molecule has 0 saturated heterocycles. The van der Waals surface area contributed by atoms with E-state index in [0.29, 0.717) is 38.0 Å². The summed E-state index contributed by atoms with van der Waals surface area (Å²) in [5.41, 5.74) is 2.26. The van der Waals surface area contributed by atoms with E-state index in [1.807, 2.05) is 17.5 Å². The Bertz CT molecular complexity index is 1170. The minimum absolute atomic E-state index is 0.127. The van der Waals surface area contributed by atoms with Gasteiger partial charge in [-0.1, -0.05) is 18.2 Å². The third-order valence-corrected chi connectivity index (χ3v) is 7.98. The number of fused-ring (bicyclic) bond motifs is 1. The lowest BCUT2D eigenvalue weighted by Gasteiger charge is -2.26. The van der Waals surface area contributed by atoms with Crippen molar-refractivity contribution >= 4 is 27.3 Å². The number of aromatic hydroxyl groups is 1. The van der Waals surface area contributed by atoms with Gasteiger partial charge in [0.05, 0.1) is 4.90 Å². The van der Waals surface area contributed by atoms with E-state index in [0.717, 1.165) is 11.1 Å². The van der Waals surface area contributed by atoms with Crippen LogP contribution in [-0.4, -0.2) is 36.8 Å². The Morgan fingerprint density at radius 3 is 2.80 bits per heavy atom. The molecule has 3 aromatic rings. The molecule has 2 N–H and O–H groups in total. The van der Waals surface area contributed by atoms with Gasteiger partial charge in [0.25, 0.3) is 5.91 Å². The number of hydrogen-bond donors (Lipinski definition) is 2. The molecule has 0 bridgehead atoms. The van der Waals surface area contributed by atoms with Crippen LogP contribution in [0.25, 0.3) is 0 Å². The van der Waals surface area contributed by atoms with E-state index < -0.39 is 10.0 Å². The first kappa shape index (κ1) is 20.6. The smallest absolute Gasteiger partial charge is 0.251 e. The zero-order valence-electron chi connectivity index (χ0n) is 16.2. The predicted molar refractivity (Wildman–Crippen MR) is 116 cm³/mol. The molecule has 30 heavy (non-hydrogen) atoms. The Morgan fingerprint density at radius 2 is 1.97 bits per heavy atom. The molecule has 2 heterocycles. The Morgan fingerprint density at radius 1 is 1.13 bits per heavy atom. The summed E-state index contributed by atoms with van der Waals surface area (Å²) < 4.78 is 27.7. The van der Waals surface area contributed by atoms with Gasteiger partial charge in [-0.15, -0.1) is 11.3 Å². The second kappa shape index (κ2) is 8.59. The summed E-state index contributed by atoms with van der Waals surface area (Å²) in [6, 6.07) is 15.0. The van der Waals surface area contributed by atoms with Crippen LogP contribution in [0.1, 0.15) is 26.4 Å². The lowest BCUT2D eigenvalue weighted by molar-refractivity contribution is 0.0954. The highest BCUT2D eigenvalue weighted by atomic mass is 32.2. The molecule has 0 radical (unpaired) electrons. The minimum atomic E-state index is -3.68. The maximum Gasteiger partial charge on any atom is 0.251 e. The maximum absolute atomic E-state index is 13.1. The molecule has 8 heteroatoms. The normalized spacial score (nSPS) is 14.3. The Kier molecular flexibility index (Phi) is 5.90. The fraction of sp³-hybridized carbons (Fsp3) is 0.227. The van der Waals surface area contributed by atoms with Crippen LogP contribution >= 0.6 is 11.3 Å². The number of carbonyl (C=O) groups is 1.